The van der Waals surface area contributed by atoms with E-state index in [1.54, 1.807) is 4.68 Å². The minimum Gasteiger partial charge on any atom is -0.312 e. The number of aromatic nitrogens is 3. The Kier molecular flexibility index (Phi) is 4.32. The van der Waals surface area contributed by atoms with Crippen molar-refractivity contribution in [2.24, 2.45) is 7.05 Å². The molecule has 102 valence electrons. The van der Waals surface area contributed by atoms with Gasteiger partial charge in [-0.2, -0.15) is 0 Å². The van der Waals surface area contributed by atoms with E-state index in [2.05, 4.69) is 48.5 Å². The number of hydrogen-bond donors (Lipinski definition) is 1. The van der Waals surface area contributed by atoms with E-state index in [-0.39, 0.29) is 0 Å². The van der Waals surface area contributed by atoms with Crippen LogP contribution < -0.4 is 5.32 Å². The van der Waals surface area contributed by atoms with E-state index < -0.39 is 0 Å². The molecule has 0 spiro atoms. The van der Waals surface area contributed by atoms with Crippen LogP contribution in [0.25, 0.3) is 0 Å². The lowest BCUT2D eigenvalue weighted by atomic mass is 10.0. The molecular weight excluding hydrogens is 236 g/mol. The number of benzene rings is 1. The Bertz CT molecular complexity index is 557. The fraction of sp³-hybridized carbons (Fsp3) is 0.467. The highest BCUT2D eigenvalue weighted by Gasteiger charge is 2.02. The maximum Gasteiger partial charge on any atom is 0.0839 e. The average molecular weight is 258 g/mol. The Balaban J connectivity index is 1.84. The van der Waals surface area contributed by atoms with Crippen LogP contribution in [-0.4, -0.2) is 21.5 Å². The van der Waals surface area contributed by atoms with E-state index in [9.17, 15) is 0 Å². The number of hydrogen-bond acceptors (Lipinski definition) is 3. The monoisotopic (exact) mass is 258 g/mol. The van der Waals surface area contributed by atoms with Crippen LogP contribution in [0.3, 0.4) is 0 Å². The second-order valence-corrected chi connectivity index (χ2v) is 5.17. The van der Waals surface area contributed by atoms with E-state index in [0.717, 1.165) is 25.2 Å². The van der Waals surface area contributed by atoms with Crippen molar-refractivity contribution in [3.8, 4) is 0 Å². The molecule has 0 saturated carbocycles. The molecule has 2 aromatic rings. The normalized spacial score (nSPS) is 10.9. The molecule has 0 aliphatic carbocycles. The van der Waals surface area contributed by atoms with Crippen LogP contribution in [0.2, 0.25) is 0 Å². The van der Waals surface area contributed by atoms with E-state index >= 15 is 0 Å². The molecule has 1 aromatic heterocycles. The van der Waals surface area contributed by atoms with Gasteiger partial charge in [0, 0.05) is 32.8 Å². The molecule has 1 N–H and O–H groups in total. The second-order valence-electron chi connectivity index (χ2n) is 5.17. The lowest BCUT2D eigenvalue weighted by Gasteiger charge is -2.10. The van der Waals surface area contributed by atoms with Gasteiger partial charge in [-0.25, -0.2) is 0 Å². The van der Waals surface area contributed by atoms with Crippen LogP contribution in [0.15, 0.2) is 18.3 Å². The van der Waals surface area contributed by atoms with Gasteiger partial charge in [-0.05, 0) is 43.0 Å². The summed E-state index contributed by atoms with van der Waals surface area (Å²) in [5.74, 6) is 0. The predicted octanol–water partition coefficient (Wildman–Crippen LogP) is 2.07. The van der Waals surface area contributed by atoms with Crippen molar-refractivity contribution >= 4 is 0 Å². The average Bonchev–Trinajstić information content (AvgIpc) is 2.77. The zero-order valence-corrected chi connectivity index (χ0v) is 12.2. The third-order valence-electron chi connectivity index (χ3n) is 3.48. The first-order valence-electron chi connectivity index (χ1n) is 6.69. The first-order valence-corrected chi connectivity index (χ1v) is 6.69. The third kappa shape index (κ3) is 3.64. The molecule has 0 aliphatic heterocycles. The number of aryl methyl sites for hydroxylation is 4. The molecule has 0 bridgehead atoms. The highest BCUT2D eigenvalue weighted by Crippen LogP contribution is 2.14. The molecule has 0 atom stereocenters. The molecule has 0 radical (unpaired) electrons. The number of nitrogens with one attached hydrogen (secondary N) is 1. The summed E-state index contributed by atoms with van der Waals surface area (Å²) in [5.41, 5.74) is 6.49. The Morgan fingerprint density at radius 3 is 2.53 bits per heavy atom. The van der Waals surface area contributed by atoms with Crippen LogP contribution in [0, 0.1) is 20.8 Å². The van der Waals surface area contributed by atoms with Crippen LogP contribution >= 0.6 is 0 Å². The molecule has 4 heteroatoms. The maximum absolute atomic E-state index is 4.08. The second kappa shape index (κ2) is 5.97. The fourth-order valence-corrected chi connectivity index (χ4v) is 2.16. The van der Waals surface area contributed by atoms with E-state index in [1.165, 1.54) is 22.3 Å². The maximum atomic E-state index is 4.08. The topological polar surface area (TPSA) is 42.7 Å². The zero-order chi connectivity index (χ0) is 13.8. The molecule has 1 heterocycles. The first-order chi connectivity index (χ1) is 9.06. The highest BCUT2D eigenvalue weighted by molar-refractivity contribution is 5.36. The van der Waals surface area contributed by atoms with Crippen LogP contribution in [-0.2, 0) is 20.0 Å². The highest BCUT2D eigenvalue weighted by atomic mass is 15.4. The molecule has 4 nitrogen and oxygen atoms in total. The van der Waals surface area contributed by atoms with Crippen molar-refractivity contribution < 1.29 is 0 Å². The van der Waals surface area contributed by atoms with Gasteiger partial charge in [0.15, 0.2) is 0 Å². The summed E-state index contributed by atoms with van der Waals surface area (Å²) in [6.45, 7) is 8.33. The van der Waals surface area contributed by atoms with Crippen LogP contribution in [0.4, 0.5) is 0 Å². The minimum atomic E-state index is 0.910. The van der Waals surface area contributed by atoms with E-state index in [0.29, 0.717) is 0 Å². The zero-order valence-electron chi connectivity index (χ0n) is 12.2. The van der Waals surface area contributed by atoms with Gasteiger partial charge in [0.25, 0.3) is 0 Å². The van der Waals surface area contributed by atoms with Gasteiger partial charge in [-0.3, -0.25) is 4.68 Å². The molecule has 0 saturated heterocycles. The minimum absolute atomic E-state index is 0.910. The lowest BCUT2D eigenvalue weighted by molar-refractivity contribution is 0.674. The van der Waals surface area contributed by atoms with Gasteiger partial charge in [0.1, 0.15) is 0 Å². The molecule has 1 aromatic carbocycles. The molecule has 0 amide bonds. The van der Waals surface area contributed by atoms with Gasteiger partial charge < -0.3 is 5.32 Å². The Hall–Kier alpha value is -1.68. The van der Waals surface area contributed by atoms with E-state index in [4.69, 9.17) is 0 Å². The fourth-order valence-electron chi connectivity index (χ4n) is 2.16. The molecule has 0 unspecified atom stereocenters. The molecule has 19 heavy (non-hydrogen) atoms. The summed E-state index contributed by atoms with van der Waals surface area (Å²) < 4.78 is 1.74. The Labute approximate surface area is 114 Å². The molecule has 0 fully saturated rings. The van der Waals surface area contributed by atoms with Crippen molar-refractivity contribution in [3.05, 3.63) is 46.3 Å². The molecule has 0 aliphatic rings. The third-order valence-corrected chi connectivity index (χ3v) is 3.48. The number of rotatable bonds is 5. The summed E-state index contributed by atoms with van der Waals surface area (Å²) in [7, 11) is 1.89. The van der Waals surface area contributed by atoms with Gasteiger partial charge in [-0.15, -0.1) is 5.10 Å². The largest absolute Gasteiger partial charge is 0.312 e. The quantitative estimate of drug-likeness (QED) is 0.835. The molecule has 2 rings (SSSR count). The van der Waals surface area contributed by atoms with Gasteiger partial charge in [0.05, 0.1) is 5.69 Å². The summed E-state index contributed by atoms with van der Waals surface area (Å²) in [6.07, 6.45) is 2.88. The van der Waals surface area contributed by atoms with E-state index in [1.807, 2.05) is 13.2 Å². The number of nitrogens with zero attached hydrogens (tertiary/aromatic N) is 3. The SMILES string of the molecule is Cc1cc(C)c(CNCCc2cn(C)nn2)cc1C. The van der Waals surface area contributed by atoms with Crippen molar-refractivity contribution in [1.29, 1.82) is 0 Å². The van der Waals surface area contributed by atoms with Gasteiger partial charge in [-0.1, -0.05) is 17.3 Å². The summed E-state index contributed by atoms with van der Waals surface area (Å²) >= 11 is 0. The van der Waals surface area contributed by atoms with Crippen molar-refractivity contribution in [2.45, 2.75) is 33.7 Å². The predicted molar refractivity (Wildman–Crippen MR) is 77.1 cm³/mol. The van der Waals surface area contributed by atoms with Crippen LogP contribution in [0.5, 0.6) is 0 Å². The van der Waals surface area contributed by atoms with Crippen molar-refractivity contribution in [2.75, 3.05) is 6.54 Å². The molecular formula is C15H22N4. The van der Waals surface area contributed by atoms with Crippen molar-refractivity contribution in [3.63, 3.8) is 0 Å². The summed E-state index contributed by atoms with van der Waals surface area (Å²) in [5, 5.41) is 11.5. The summed E-state index contributed by atoms with van der Waals surface area (Å²) in [6, 6.07) is 4.54. The lowest BCUT2D eigenvalue weighted by Crippen LogP contribution is -2.17. The van der Waals surface area contributed by atoms with Crippen molar-refractivity contribution in [1.82, 2.24) is 20.3 Å². The standard InChI is InChI=1S/C15H22N4/c1-11-7-13(3)14(8-12(11)2)9-16-6-5-15-10-19(4)18-17-15/h7-8,10,16H,5-6,9H2,1-4H3. The smallest absolute Gasteiger partial charge is 0.0839 e. The first kappa shape index (κ1) is 13.7. The summed E-state index contributed by atoms with van der Waals surface area (Å²) in [4.78, 5) is 0. The Morgan fingerprint density at radius 2 is 1.84 bits per heavy atom. The van der Waals surface area contributed by atoms with Gasteiger partial charge in [0.2, 0.25) is 0 Å². The van der Waals surface area contributed by atoms with Gasteiger partial charge >= 0.3 is 0 Å². The van der Waals surface area contributed by atoms with Crippen LogP contribution in [0.1, 0.15) is 27.9 Å². The Morgan fingerprint density at radius 1 is 1.11 bits per heavy atom.